The van der Waals surface area contributed by atoms with E-state index < -0.39 is 21.5 Å². The summed E-state index contributed by atoms with van der Waals surface area (Å²) < 4.78 is 32.6. The third kappa shape index (κ3) is 4.46. The van der Waals surface area contributed by atoms with Crippen LogP contribution in [0.1, 0.15) is 10.4 Å². The van der Waals surface area contributed by atoms with Gasteiger partial charge >= 0.3 is 0 Å². The first-order valence-electron chi connectivity index (χ1n) is 9.27. The molecule has 0 unspecified atom stereocenters. The van der Waals surface area contributed by atoms with E-state index in [0.29, 0.717) is 29.4 Å². The van der Waals surface area contributed by atoms with Crippen LogP contribution in [0.3, 0.4) is 0 Å². The molecule has 0 bridgehead atoms. The van der Waals surface area contributed by atoms with E-state index in [1.165, 1.54) is 34.6 Å². The summed E-state index contributed by atoms with van der Waals surface area (Å²) in [5, 5.41) is 3.56. The maximum atomic E-state index is 13.0. The highest BCUT2D eigenvalue weighted by atomic mass is 35.5. The van der Waals surface area contributed by atoms with Gasteiger partial charge in [0, 0.05) is 35.1 Å². The summed E-state index contributed by atoms with van der Waals surface area (Å²) in [6, 6.07) is 9.94. The van der Waals surface area contributed by atoms with Gasteiger partial charge in [0.05, 0.1) is 34.4 Å². The third-order valence-electron chi connectivity index (χ3n) is 4.85. The Balaban J connectivity index is 1.77. The van der Waals surface area contributed by atoms with Crippen LogP contribution in [0.15, 0.2) is 52.2 Å². The normalized spacial score (nSPS) is 15.2. The van der Waals surface area contributed by atoms with Crippen molar-refractivity contribution in [3.05, 3.63) is 68.4 Å². The van der Waals surface area contributed by atoms with E-state index in [1.807, 2.05) is 0 Å². The van der Waals surface area contributed by atoms with Crippen molar-refractivity contribution < 1.29 is 17.9 Å². The molecule has 2 aromatic carbocycles. The van der Waals surface area contributed by atoms with Gasteiger partial charge in [0.2, 0.25) is 15.6 Å². The van der Waals surface area contributed by atoms with Crippen molar-refractivity contribution in [1.82, 2.24) is 9.29 Å². The fourth-order valence-corrected chi connectivity index (χ4v) is 5.19. The first-order valence-corrected chi connectivity index (χ1v) is 11.5. The second-order valence-corrected chi connectivity index (χ2v) is 9.63. The number of benzene rings is 2. The van der Waals surface area contributed by atoms with Crippen LogP contribution in [0.4, 0.5) is 5.69 Å². The Morgan fingerprint density at radius 2 is 1.81 bits per heavy atom. The van der Waals surface area contributed by atoms with Gasteiger partial charge in [-0.2, -0.15) is 4.31 Å². The molecule has 4 rings (SSSR count). The highest BCUT2D eigenvalue weighted by Gasteiger charge is 2.27. The van der Waals surface area contributed by atoms with Gasteiger partial charge in [0.1, 0.15) is 0 Å². The maximum absolute atomic E-state index is 13.0. The first kappa shape index (κ1) is 21.8. The molecule has 0 saturated carbocycles. The molecule has 0 atom stereocenters. The summed E-state index contributed by atoms with van der Waals surface area (Å²) >= 11 is 12.0. The van der Waals surface area contributed by atoms with E-state index in [-0.39, 0.29) is 34.0 Å². The molecular formula is C20H17Cl2N3O5S. The van der Waals surface area contributed by atoms with Crippen LogP contribution in [0.5, 0.6) is 0 Å². The van der Waals surface area contributed by atoms with Crippen LogP contribution < -0.4 is 10.9 Å². The van der Waals surface area contributed by atoms with Crippen molar-refractivity contribution in [2.24, 2.45) is 0 Å². The molecule has 11 heteroatoms. The molecule has 2 N–H and O–H groups in total. The Labute approximate surface area is 187 Å². The second kappa shape index (κ2) is 8.60. The van der Waals surface area contributed by atoms with Gasteiger partial charge in [-0.15, -0.1) is 0 Å². The van der Waals surface area contributed by atoms with Gasteiger partial charge < -0.3 is 15.0 Å². The molecule has 0 spiro atoms. The lowest BCUT2D eigenvalue weighted by Crippen LogP contribution is -2.40. The monoisotopic (exact) mass is 481 g/mol. The molecule has 1 aliphatic heterocycles. The van der Waals surface area contributed by atoms with E-state index in [2.05, 4.69) is 10.3 Å². The summed E-state index contributed by atoms with van der Waals surface area (Å²) in [4.78, 5) is 27.7. The van der Waals surface area contributed by atoms with Gasteiger partial charge in [-0.1, -0.05) is 23.2 Å². The second-order valence-electron chi connectivity index (χ2n) is 6.85. The highest BCUT2D eigenvalue weighted by Crippen LogP contribution is 2.27. The Kier molecular flexibility index (Phi) is 6.05. The van der Waals surface area contributed by atoms with E-state index >= 15 is 0 Å². The lowest BCUT2D eigenvalue weighted by atomic mass is 10.1. The minimum absolute atomic E-state index is 0.0174. The summed E-state index contributed by atoms with van der Waals surface area (Å²) in [6.45, 7) is 1.12. The fourth-order valence-electron chi connectivity index (χ4n) is 3.30. The number of morpholine rings is 1. The SMILES string of the molecule is O=C(Nc1ccc(Cl)cc1Cl)c1cc(=O)[nH]c2ccc(S(=O)(=O)N3CCOCC3)cc12. The number of pyridine rings is 1. The van der Waals surface area contributed by atoms with Crippen LogP contribution >= 0.6 is 23.2 Å². The lowest BCUT2D eigenvalue weighted by Gasteiger charge is -2.26. The van der Waals surface area contributed by atoms with Crippen LogP contribution in [0.25, 0.3) is 10.9 Å². The Hall–Kier alpha value is -2.43. The number of fused-ring (bicyclic) bond motifs is 1. The molecule has 1 amide bonds. The number of nitrogens with zero attached hydrogens (tertiary/aromatic N) is 1. The standard InChI is InChI=1S/C20H17Cl2N3O5S/c21-12-1-3-18(16(22)9-12)24-20(27)15-11-19(26)23-17-4-2-13(10-14(15)17)31(28,29)25-5-7-30-8-6-25/h1-4,9-11H,5-8H2,(H,23,26)(H,24,27). The maximum Gasteiger partial charge on any atom is 0.256 e. The van der Waals surface area contributed by atoms with E-state index in [1.54, 1.807) is 6.07 Å². The third-order valence-corrected chi connectivity index (χ3v) is 7.29. The zero-order valence-corrected chi connectivity index (χ0v) is 18.4. The number of sulfonamides is 1. The van der Waals surface area contributed by atoms with E-state index in [9.17, 15) is 18.0 Å². The quantitative estimate of drug-likeness (QED) is 0.594. The average molecular weight is 482 g/mol. The molecule has 1 saturated heterocycles. The van der Waals surface area contributed by atoms with Crippen molar-refractivity contribution in [2.75, 3.05) is 31.6 Å². The number of amides is 1. The molecule has 1 aliphatic rings. The fraction of sp³-hybridized carbons (Fsp3) is 0.200. The molecule has 8 nitrogen and oxygen atoms in total. The Morgan fingerprint density at radius 1 is 1.06 bits per heavy atom. The van der Waals surface area contributed by atoms with Crippen molar-refractivity contribution in [3.8, 4) is 0 Å². The van der Waals surface area contributed by atoms with Gasteiger partial charge in [0.15, 0.2) is 0 Å². The molecule has 0 radical (unpaired) electrons. The average Bonchev–Trinajstić information content (AvgIpc) is 2.75. The first-order chi connectivity index (χ1) is 14.8. The zero-order chi connectivity index (χ0) is 22.2. The van der Waals surface area contributed by atoms with Gasteiger partial charge in [-0.05, 0) is 36.4 Å². The highest BCUT2D eigenvalue weighted by molar-refractivity contribution is 7.89. The zero-order valence-electron chi connectivity index (χ0n) is 16.0. The summed E-state index contributed by atoms with van der Waals surface area (Å²) in [5.41, 5.74) is 0.162. The van der Waals surface area contributed by atoms with Gasteiger partial charge in [-0.3, -0.25) is 9.59 Å². The number of anilines is 1. The van der Waals surface area contributed by atoms with E-state index in [4.69, 9.17) is 27.9 Å². The van der Waals surface area contributed by atoms with Crippen LogP contribution in [0.2, 0.25) is 10.0 Å². The molecule has 2 heterocycles. The molecular weight excluding hydrogens is 465 g/mol. The Morgan fingerprint density at radius 3 is 2.52 bits per heavy atom. The summed E-state index contributed by atoms with van der Waals surface area (Å²) in [7, 11) is -3.78. The smallest absolute Gasteiger partial charge is 0.256 e. The van der Waals surface area contributed by atoms with Crippen molar-refractivity contribution in [3.63, 3.8) is 0 Å². The largest absolute Gasteiger partial charge is 0.379 e. The number of hydrogen-bond donors (Lipinski definition) is 2. The van der Waals surface area contributed by atoms with Crippen molar-refractivity contribution >= 4 is 55.7 Å². The molecule has 31 heavy (non-hydrogen) atoms. The molecule has 3 aromatic rings. The topological polar surface area (TPSA) is 109 Å². The van der Waals surface area contributed by atoms with Crippen LogP contribution in [-0.4, -0.2) is 49.9 Å². The minimum atomic E-state index is -3.78. The molecule has 1 aromatic heterocycles. The predicted octanol–water partition coefficient (Wildman–Crippen LogP) is 3.11. The number of aromatic nitrogens is 1. The number of carbonyl (C=O) groups excluding carboxylic acids is 1. The number of rotatable bonds is 4. The number of carbonyl (C=O) groups is 1. The summed E-state index contributed by atoms with van der Waals surface area (Å²) in [6.07, 6.45) is 0. The van der Waals surface area contributed by atoms with Gasteiger partial charge in [-0.25, -0.2) is 8.42 Å². The van der Waals surface area contributed by atoms with Crippen molar-refractivity contribution in [2.45, 2.75) is 4.90 Å². The number of H-pyrrole nitrogens is 1. The van der Waals surface area contributed by atoms with E-state index in [0.717, 1.165) is 6.07 Å². The number of hydrogen-bond acceptors (Lipinski definition) is 5. The lowest BCUT2D eigenvalue weighted by molar-refractivity contribution is 0.0730. The van der Waals surface area contributed by atoms with Crippen LogP contribution in [0, 0.1) is 0 Å². The predicted molar refractivity (Wildman–Crippen MR) is 119 cm³/mol. The number of nitrogens with one attached hydrogen (secondary N) is 2. The van der Waals surface area contributed by atoms with Crippen molar-refractivity contribution in [1.29, 1.82) is 0 Å². The van der Waals surface area contributed by atoms with Gasteiger partial charge in [0.25, 0.3) is 5.91 Å². The summed E-state index contributed by atoms with van der Waals surface area (Å²) in [5.74, 6) is -0.610. The number of ether oxygens (including phenoxy) is 1. The minimum Gasteiger partial charge on any atom is -0.379 e. The van der Waals surface area contributed by atoms with Crippen LogP contribution in [-0.2, 0) is 14.8 Å². The number of aromatic amines is 1. The molecule has 0 aliphatic carbocycles. The Bertz CT molecular complexity index is 1330. The molecule has 162 valence electrons. The molecule has 1 fully saturated rings. The number of halogens is 2.